The van der Waals surface area contributed by atoms with Crippen LogP contribution in [-0.2, 0) is 0 Å². The Morgan fingerprint density at radius 3 is 2.73 bits per heavy atom. The van der Waals surface area contributed by atoms with Crippen molar-refractivity contribution in [2.24, 2.45) is 0 Å². The van der Waals surface area contributed by atoms with E-state index >= 15 is 0 Å². The van der Waals surface area contributed by atoms with E-state index in [-0.39, 0.29) is 11.7 Å². The maximum atomic E-state index is 14.0. The van der Waals surface area contributed by atoms with Crippen molar-refractivity contribution in [1.29, 1.82) is 0 Å². The fourth-order valence-corrected chi connectivity index (χ4v) is 3.57. The zero-order valence-electron chi connectivity index (χ0n) is 12.0. The van der Waals surface area contributed by atoms with Crippen LogP contribution in [0.1, 0.15) is 12.8 Å². The van der Waals surface area contributed by atoms with Gasteiger partial charge in [0.2, 0.25) is 0 Å². The van der Waals surface area contributed by atoms with Crippen molar-refractivity contribution in [1.82, 2.24) is 15.1 Å². The molecule has 0 saturated carbocycles. The quantitative estimate of drug-likeness (QED) is 0.817. The van der Waals surface area contributed by atoms with Crippen molar-refractivity contribution in [3.63, 3.8) is 0 Å². The molecule has 7 heteroatoms. The highest BCUT2D eigenvalue weighted by molar-refractivity contribution is 9.10. The van der Waals surface area contributed by atoms with Crippen LogP contribution >= 0.6 is 15.9 Å². The second kappa shape index (κ2) is 5.62. The summed E-state index contributed by atoms with van der Waals surface area (Å²) in [6.45, 7) is 4.16. The SMILES string of the molecule is Fc1cc(Br)ccc1-c1nnc(N2CCN3CCC2CC3)o1. The van der Waals surface area contributed by atoms with Crippen LogP contribution in [0.4, 0.5) is 10.4 Å². The van der Waals surface area contributed by atoms with Gasteiger partial charge in [0, 0.05) is 36.7 Å². The minimum absolute atomic E-state index is 0.235. The first kappa shape index (κ1) is 14.1. The van der Waals surface area contributed by atoms with E-state index in [9.17, 15) is 4.39 Å². The molecular weight excluding hydrogens is 351 g/mol. The summed E-state index contributed by atoms with van der Waals surface area (Å²) in [5.41, 5.74) is 0.338. The molecule has 4 heterocycles. The highest BCUT2D eigenvalue weighted by atomic mass is 79.9. The number of hydrogen-bond donors (Lipinski definition) is 0. The van der Waals surface area contributed by atoms with E-state index in [1.54, 1.807) is 12.1 Å². The van der Waals surface area contributed by atoms with Gasteiger partial charge in [-0.05, 0) is 31.0 Å². The second-order valence-electron chi connectivity index (χ2n) is 5.78. The van der Waals surface area contributed by atoms with Crippen molar-refractivity contribution in [2.75, 3.05) is 31.1 Å². The lowest BCUT2D eigenvalue weighted by atomic mass is 10.1. The number of fused-ring (bicyclic) bond motifs is 4. The zero-order chi connectivity index (χ0) is 15.1. The highest BCUT2D eigenvalue weighted by Gasteiger charge is 2.32. The number of rotatable bonds is 2. The predicted octanol–water partition coefficient (Wildman–Crippen LogP) is 2.92. The lowest BCUT2D eigenvalue weighted by molar-refractivity contribution is 0.249. The Kier molecular flexibility index (Phi) is 3.62. The number of hydrogen-bond acceptors (Lipinski definition) is 5. The van der Waals surface area contributed by atoms with Crippen LogP contribution in [0, 0.1) is 5.82 Å². The van der Waals surface area contributed by atoms with Crippen LogP contribution in [0.5, 0.6) is 0 Å². The van der Waals surface area contributed by atoms with Crippen LogP contribution in [0.15, 0.2) is 27.1 Å². The Morgan fingerprint density at radius 2 is 1.95 bits per heavy atom. The molecule has 2 bridgehead atoms. The van der Waals surface area contributed by atoms with Gasteiger partial charge < -0.3 is 14.2 Å². The number of benzene rings is 1. The summed E-state index contributed by atoms with van der Waals surface area (Å²) in [7, 11) is 0. The predicted molar refractivity (Wildman–Crippen MR) is 84.2 cm³/mol. The van der Waals surface area contributed by atoms with Crippen molar-refractivity contribution in [2.45, 2.75) is 18.9 Å². The van der Waals surface area contributed by atoms with Crippen molar-refractivity contribution >= 4 is 21.9 Å². The molecule has 1 aromatic heterocycles. The summed E-state index contributed by atoms with van der Waals surface area (Å²) in [6, 6.07) is 5.77. The molecule has 0 amide bonds. The van der Waals surface area contributed by atoms with Crippen molar-refractivity contribution in [3.8, 4) is 11.5 Å². The molecular formula is C15H16BrFN4O. The summed E-state index contributed by atoms with van der Waals surface area (Å²) in [5.74, 6) is -0.133. The molecule has 0 atom stereocenters. The maximum absolute atomic E-state index is 14.0. The standard InChI is InChI=1S/C15H16BrFN4O/c16-10-1-2-12(13(17)9-10)14-18-19-15(22-14)21-8-7-20-5-3-11(21)4-6-20/h1-2,9,11H,3-8H2. The van der Waals surface area contributed by atoms with Gasteiger partial charge in [0.15, 0.2) is 0 Å². The average Bonchev–Trinajstić information content (AvgIpc) is 2.79. The molecule has 0 unspecified atom stereocenters. The Bertz CT molecular complexity index is 684. The van der Waals surface area contributed by atoms with E-state index in [2.05, 4.69) is 35.9 Å². The minimum Gasteiger partial charge on any atom is -0.403 e. The molecule has 3 fully saturated rings. The van der Waals surface area contributed by atoms with E-state index in [1.165, 1.54) is 6.07 Å². The van der Waals surface area contributed by atoms with Crippen molar-refractivity contribution in [3.05, 3.63) is 28.5 Å². The van der Waals surface area contributed by atoms with E-state index in [0.29, 0.717) is 22.1 Å². The van der Waals surface area contributed by atoms with Gasteiger partial charge >= 0.3 is 6.01 Å². The molecule has 0 N–H and O–H groups in total. The van der Waals surface area contributed by atoms with Crippen LogP contribution in [0.3, 0.4) is 0 Å². The topological polar surface area (TPSA) is 45.4 Å². The molecule has 0 radical (unpaired) electrons. The van der Waals surface area contributed by atoms with Gasteiger partial charge in [-0.2, -0.15) is 0 Å². The van der Waals surface area contributed by atoms with Gasteiger partial charge in [0.05, 0.1) is 5.56 Å². The maximum Gasteiger partial charge on any atom is 0.318 e. The molecule has 1 aromatic carbocycles. The Hall–Kier alpha value is -1.47. The third-order valence-corrected chi connectivity index (χ3v) is 4.97. The molecule has 3 saturated heterocycles. The van der Waals surface area contributed by atoms with Gasteiger partial charge in [0.25, 0.3) is 5.89 Å². The summed E-state index contributed by atoms with van der Waals surface area (Å²) >= 11 is 3.25. The largest absolute Gasteiger partial charge is 0.403 e. The number of anilines is 1. The molecule has 0 spiro atoms. The Balaban J connectivity index is 1.63. The molecule has 3 aliphatic heterocycles. The normalized spacial score (nSPS) is 24.5. The monoisotopic (exact) mass is 366 g/mol. The van der Waals surface area contributed by atoms with Gasteiger partial charge in [-0.1, -0.05) is 21.0 Å². The first-order valence-electron chi connectivity index (χ1n) is 7.48. The minimum atomic E-state index is -0.368. The van der Waals surface area contributed by atoms with Crippen LogP contribution < -0.4 is 4.90 Å². The zero-order valence-corrected chi connectivity index (χ0v) is 13.6. The summed E-state index contributed by atoms with van der Waals surface area (Å²) < 4.78 is 20.5. The third-order valence-electron chi connectivity index (χ3n) is 4.48. The summed E-state index contributed by atoms with van der Waals surface area (Å²) in [4.78, 5) is 4.64. The van der Waals surface area contributed by atoms with Gasteiger partial charge in [-0.25, -0.2) is 4.39 Å². The summed E-state index contributed by atoms with van der Waals surface area (Å²) in [6.07, 6.45) is 2.23. The molecule has 3 aliphatic rings. The van der Waals surface area contributed by atoms with E-state index in [1.807, 2.05) is 0 Å². The number of nitrogens with zero attached hydrogens (tertiary/aromatic N) is 4. The molecule has 2 aromatic rings. The first-order valence-corrected chi connectivity index (χ1v) is 8.28. The number of halogens is 2. The van der Waals surface area contributed by atoms with Crippen molar-refractivity contribution < 1.29 is 8.81 Å². The third kappa shape index (κ3) is 2.52. The Morgan fingerprint density at radius 1 is 1.14 bits per heavy atom. The van der Waals surface area contributed by atoms with Gasteiger partial charge in [-0.15, -0.1) is 5.10 Å². The molecule has 116 valence electrons. The fraction of sp³-hybridized carbons (Fsp3) is 0.467. The highest BCUT2D eigenvalue weighted by Crippen LogP contribution is 2.30. The fourth-order valence-electron chi connectivity index (χ4n) is 3.24. The molecule has 22 heavy (non-hydrogen) atoms. The second-order valence-corrected chi connectivity index (χ2v) is 6.70. The van der Waals surface area contributed by atoms with Crippen LogP contribution in [-0.4, -0.2) is 47.3 Å². The van der Waals surface area contributed by atoms with E-state index in [4.69, 9.17) is 4.42 Å². The molecule has 5 rings (SSSR count). The Labute approximate surface area is 136 Å². The molecule has 5 nitrogen and oxygen atoms in total. The van der Waals surface area contributed by atoms with E-state index < -0.39 is 0 Å². The summed E-state index contributed by atoms with van der Waals surface area (Å²) in [5, 5.41) is 8.19. The van der Waals surface area contributed by atoms with Gasteiger partial charge in [0.1, 0.15) is 5.82 Å². The first-order chi connectivity index (χ1) is 10.7. The smallest absolute Gasteiger partial charge is 0.318 e. The lowest BCUT2D eigenvalue weighted by Crippen LogP contribution is -2.38. The van der Waals surface area contributed by atoms with Crippen LogP contribution in [0.25, 0.3) is 11.5 Å². The lowest BCUT2D eigenvalue weighted by Gasteiger charge is -2.29. The van der Waals surface area contributed by atoms with Gasteiger partial charge in [-0.3, -0.25) is 0 Å². The number of piperidine rings is 1. The van der Waals surface area contributed by atoms with Crippen LogP contribution in [0.2, 0.25) is 0 Å². The molecule has 0 aliphatic carbocycles. The number of aromatic nitrogens is 2. The average molecular weight is 367 g/mol. The van der Waals surface area contributed by atoms with E-state index in [0.717, 1.165) is 39.0 Å².